The molecular formula is C26H31ClO4. The molecule has 2 aromatic carbocycles. The molecule has 0 aromatic heterocycles. The van der Waals surface area contributed by atoms with Crippen molar-refractivity contribution in [1.82, 2.24) is 0 Å². The number of ether oxygens (including phenoxy) is 2. The number of esters is 2. The third-order valence-corrected chi connectivity index (χ3v) is 5.16. The van der Waals surface area contributed by atoms with Crippen molar-refractivity contribution in [2.75, 3.05) is 13.2 Å². The molecule has 0 aliphatic heterocycles. The third-order valence-electron chi connectivity index (χ3n) is 4.83. The van der Waals surface area contributed by atoms with E-state index in [0.717, 1.165) is 44.9 Å². The minimum Gasteiger partial charge on any atom is -0.462 e. The van der Waals surface area contributed by atoms with Gasteiger partial charge in [0.15, 0.2) is 0 Å². The van der Waals surface area contributed by atoms with Gasteiger partial charge in [0, 0.05) is 0 Å². The highest BCUT2D eigenvalue weighted by Crippen LogP contribution is 2.16. The Kier molecular flexibility index (Phi) is 11.5. The summed E-state index contributed by atoms with van der Waals surface area (Å²) in [6.07, 6.45) is 11.7. The lowest BCUT2D eigenvalue weighted by Gasteiger charge is -2.06. The molecule has 0 atom stereocenters. The average molecular weight is 443 g/mol. The van der Waals surface area contributed by atoms with Crippen molar-refractivity contribution >= 4 is 23.5 Å². The quantitative estimate of drug-likeness (QED) is 0.194. The molecule has 0 heterocycles. The maximum absolute atomic E-state index is 11.9. The highest BCUT2D eigenvalue weighted by Gasteiger charge is 2.10. The van der Waals surface area contributed by atoms with Crippen molar-refractivity contribution in [3.63, 3.8) is 0 Å². The fourth-order valence-corrected chi connectivity index (χ4v) is 3.31. The van der Waals surface area contributed by atoms with E-state index in [1.54, 1.807) is 31.2 Å². The highest BCUT2D eigenvalue weighted by atomic mass is 35.5. The summed E-state index contributed by atoms with van der Waals surface area (Å²) in [4.78, 5) is 23.6. The number of hydrogen-bond acceptors (Lipinski definition) is 4. The van der Waals surface area contributed by atoms with Crippen LogP contribution in [0.1, 0.15) is 71.7 Å². The van der Waals surface area contributed by atoms with Crippen LogP contribution in [-0.4, -0.2) is 25.2 Å². The summed E-state index contributed by atoms with van der Waals surface area (Å²) in [5, 5.41) is 0.425. The molecule has 2 rings (SSSR count). The van der Waals surface area contributed by atoms with Crippen molar-refractivity contribution in [3.8, 4) is 0 Å². The SMILES string of the molecule is CCOC(=O)c1ccc(C/C=C/CCCCCCCOC(=O)c2ccccc2Cl)cc1. The van der Waals surface area contributed by atoms with Gasteiger partial charge in [-0.25, -0.2) is 9.59 Å². The van der Waals surface area contributed by atoms with E-state index in [1.807, 2.05) is 24.3 Å². The van der Waals surface area contributed by atoms with Crippen LogP contribution in [0, 0.1) is 0 Å². The second kappa shape index (κ2) is 14.4. The molecule has 0 saturated heterocycles. The van der Waals surface area contributed by atoms with Gasteiger partial charge >= 0.3 is 11.9 Å². The van der Waals surface area contributed by atoms with Gasteiger partial charge in [0.2, 0.25) is 0 Å². The molecule has 0 spiro atoms. The highest BCUT2D eigenvalue weighted by molar-refractivity contribution is 6.33. The normalized spacial score (nSPS) is 10.9. The standard InChI is InChI=1S/C26H31ClO4/c1-2-30-25(28)22-18-16-21(17-19-22)13-9-7-5-3-4-6-8-12-20-31-26(29)23-14-10-11-15-24(23)27/h7,9-11,14-19H,2-6,8,12-13,20H2,1H3/b9-7+. The van der Waals surface area contributed by atoms with Crippen LogP contribution in [0.15, 0.2) is 60.7 Å². The maximum atomic E-state index is 11.9. The number of halogens is 1. The lowest BCUT2D eigenvalue weighted by atomic mass is 10.1. The van der Waals surface area contributed by atoms with Crippen LogP contribution in [0.5, 0.6) is 0 Å². The van der Waals surface area contributed by atoms with Gasteiger partial charge in [0.25, 0.3) is 0 Å². The Labute approximate surface area is 190 Å². The first-order chi connectivity index (χ1) is 15.1. The summed E-state index contributed by atoms with van der Waals surface area (Å²) in [5.74, 6) is -0.630. The molecule has 0 radical (unpaired) electrons. The smallest absolute Gasteiger partial charge is 0.339 e. The molecule has 0 N–H and O–H groups in total. The van der Waals surface area contributed by atoms with Gasteiger partial charge in [-0.1, -0.05) is 67.3 Å². The van der Waals surface area contributed by atoms with Crippen molar-refractivity contribution in [1.29, 1.82) is 0 Å². The van der Waals surface area contributed by atoms with E-state index < -0.39 is 0 Å². The first-order valence-corrected chi connectivity index (χ1v) is 11.3. The van der Waals surface area contributed by atoms with Crippen LogP contribution >= 0.6 is 11.6 Å². The monoisotopic (exact) mass is 442 g/mol. The second-order valence-corrected chi connectivity index (χ2v) is 7.67. The van der Waals surface area contributed by atoms with Crippen LogP contribution < -0.4 is 0 Å². The number of unbranched alkanes of at least 4 members (excludes halogenated alkanes) is 5. The zero-order valence-corrected chi connectivity index (χ0v) is 18.9. The lowest BCUT2D eigenvalue weighted by Crippen LogP contribution is -2.07. The maximum Gasteiger partial charge on any atom is 0.339 e. The first kappa shape index (κ1) is 24.7. The summed E-state index contributed by atoms with van der Waals surface area (Å²) in [5.41, 5.74) is 2.19. The van der Waals surface area contributed by atoms with E-state index in [2.05, 4.69) is 12.2 Å². The second-order valence-electron chi connectivity index (χ2n) is 7.27. The van der Waals surface area contributed by atoms with Crippen molar-refractivity contribution in [2.45, 2.75) is 51.9 Å². The molecule has 4 nitrogen and oxygen atoms in total. The molecular weight excluding hydrogens is 412 g/mol. The van der Waals surface area contributed by atoms with Crippen LogP contribution in [-0.2, 0) is 15.9 Å². The fourth-order valence-electron chi connectivity index (χ4n) is 3.09. The Morgan fingerprint density at radius 3 is 2.29 bits per heavy atom. The predicted octanol–water partition coefficient (Wildman–Crippen LogP) is 6.81. The number of benzene rings is 2. The molecule has 0 amide bonds. The van der Waals surface area contributed by atoms with Gasteiger partial charge in [-0.05, 0) is 62.4 Å². The Morgan fingerprint density at radius 2 is 1.55 bits per heavy atom. The Hall–Kier alpha value is -2.59. The van der Waals surface area contributed by atoms with E-state index in [-0.39, 0.29) is 11.9 Å². The zero-order chi connectivity index (χ0) is 22.3. The predicted molar refractivity (Wildman–Crippen MR) is 125 cm³/mol. The Morgan fingerprint density at radius 1 is 0.839 bits per heavy atom. The van der Waals surface area contributed by atoms with Crippen LogP contribution in [0.2, 0.25) is 5.02 Å². The summed E-state index contributed by atoms with van der Waals surface area (Å²) >= 11 is 5.99. The van der Waals surface area contributed by atoms with Gasteiger partial charge in [-0.2, -0.15) is 0 Å². The zero-order valence-electron chi connectivity index (χ0n) is 18.1. The minimum atomic E-state index is -0.355. The molecule has 5 heteroatoms. The molecule has 166 valence electrons. The van der Waals surface area contributed by atoms with Crippen molar-refractivity contribution in [2.24, 2.45) is 0 Å². The summed E-state index contributed by atoms with van der Waals surface area (Å²) in [6, 6.07) is 14.5. The van der Waals surface area contributed by atoms with Crippen LogP contribution in [0.3, 0.4) is 0 Å². The number of hydrogen-bond donors (Lipinski definition) is 0. The van der Waals surface area contributed by atoms with E-state index in [9.17, 15) is 9.59 Å². The van der Waals surface area contributed by atoms with E-state index in [1.165, 1.54) is 5.56 Å². The van der Waals surface area contributed by atoms with Gasteiger partial charge in [0.05, 0.1) is 29.4 Å². The summed E-state index contributed by atoms with van der Waals surface area (Å²) in [6.45, 7) is 2.62. The van der Waals surface area contributed by atoms with Gasteiger partial charge in [-0.3, -0.25) is 0 Å². The molecule has 31 heavy (non-hydrogen) atoms. The molecule has 0 fully saturated rings. The third kappa shape index (κ3) is 9.39. The summed E-state index contributed by atoms with van der Waals surface area (Å²) in [7, 11) is 0. The number of allylic oxidation sites excluding steroid dienone is 2. The van der Waals surface area contributed by atoms with Crippen LogP contribution in [0.25, 0.3) is 0 Å². The van der Waals surface area contributed by atoms with E-state index >= 15 is 0 Å². The molecule has 0 aliphatic rings. The Balaban J connectivity index is 1.49. The van der Waals surface area contributed by atoms with E-state index in [0.29, 0.717) is 29.4 Å². The largest absolute Gasteiger partial charge is 0.462 e. The molecule has 0 aliphatic carbocycles. The first-order valence-electron chi connectivity index (χ1n) is 10.9. The van der Waals surface area contributed by atoms with Gasteiger partial charge in [0.1, 0.15) is 0 Å². The fraction of sp³-hybridized carbons (Fsp3) is 0.385. The molecule has 0 saturated carbocycles. The summed E-state index contributed by atoms with van der Waals surface area (Å²) < 4.78 is 10.3. The number of carbonyl (C=O) groups is 2. The van der Waals surface area contributed by atoms with E-state index in [4.69, 9.17) is 21.1 Å². The lowest BCUT2D eigenvalue weighted by molar-refractivity contribution is 0.0495. The van der Waals surface area contributed by atoms with Gasteiger partial charge < -0.3 is 9.47 Å². The Bertz CT molecular complexity index is 843. The average Bonchev–Trinajstić information content (AvgIpc) is 2.78. The van der Waals surface area contributed by atoms with Crippen molar-refractivity contribution in [3.05, 3.63) is 82.4 Å². The van der Waals surface area contributed by atoms with Gasteiger partial charge in [-0.15, -0.1) is 0 Å². The van der Waals surface area contributed by atoms with Crippen molar-refractivity contribution < 1.29 is 19.1 Å². The topological polar surface area (TPSA) is 52.6 Å². The number of carbonyl (C=O) groups excluding carboxylic acids is 2. The molecule has 2 aromatic rings. The molecule has 0 bridgehead atoms. The number of rotatable bonds is 13. The molecule has 0 unspecified atom stereocenters. The minimum absolute atomic E-state index is 0.275. The van der Waals surface area contributed by atoms with Crippen LogP contribution in [0.4, 0.5) is 0 Å².